The molecule has 0 unspecified atom stereocenters. The average Bonchev–Trinajstić information content (AvgIpc) is 2.14. The molecule has 0 atom stereocenters. The third kappa shape index (κ3) is 1.53. The fourth-order valence-corrected chi connectivity index (χ4v) is 1.28. The molecule has 0 aliphatic rings. The molecular weight excluding hydrogens is 154 g/mol. The van der Waals surface area contributed by atoms with E-state index < -0.39 is 0 Å². The van der Waals surface area contributed by atoms with E-state index in [1.165, 1.54) is 18.3 Å². The molecule has 0 bridgehead atoms. The summed E-state index contributed by atoms with van der Waals surface area (Å²) in [7, 11) is 0. The SMILES string of the molecule is CC(=O)c1csc(S)n1. The quantitative estimate of drug-likeness (QED) is 0.498. The highest BCUT2D eigenvalue weighted by Crippen LogP contribution is 2.12. The minimum Gasteiger partial charge on any atom is -0.293 e. The maximum Gasteiger partial charge on any atom is 0.179 e. The van der Waals surface area contributed by atoms with Gasteiger partial charge in [0.15, 0.2) is 5.78 Å². The van der Waals surface area contributed by atoms with Crippen LogP contribution in [-0.2, 0) is 0 Å². The molecule has 0 spiro atoms. The van der Waals surface area contributed by atoms with E-state index in [1.54, 1.807) is 5.38 Å². The molecule has 1 aromatic heterocycles. The number of thiol groups is 1. The Hall–Kier alpha value is -0.350. The second-order valence-corrected chi connectivity index (χ2v) is 3.16. The van der Waals surface area contributed by atoms with E-state index in [1.807, 2.05) is 0 Å². The Labute approximate surface area is 62.3 Å². The number of carbonyl (C=O) groups excluding carboxylic acids is 1. The standard InChI is InChI=1S/C5H5NOS2/c1-3(7)4-2-9-5(8)6-4/h2H,1H3,(H,6,8). The fourth-order valence-electron chi connectivity index (χ4n) is 0.426. The monoisotopic (exact) mass is 159 g/mol. The molecule has 48 valence electrons. The van der Waals surface area contributed by atoms with E-state index in [4.69, 9.17) is 0 Å². The molecule has 0 fully saturated rings. The first-order valence-corrected chi connectivity index (χ1v) is 3.68. The van der Waals surface area contributed by atoms with Crippen LogP contribution in [0.15, 0.2) is 9.72 Å². The third-order valence-corrected chi connectivity index (χ3v) is 1.91. The molecule has 1 heterocycles. The van der Waals surface area contributed by atoms with Gasteiger partial charge in [-0.3, -0.25) is 4.79 Å². The van der Waals surface area contributed by atoms with Crippen LogP contribution in [0.3, 0.4) is 0 Å². The van der Waals surface area contributed by atoms with Crippen molar-refractivity contribution in [1.29, 1.82) is 0 Å². The highest BCUT2D eigenvalue weighted by Gasteiger charge is 2.01. The van der Waals surface area contributed by atoms with Crippen LogP contribution in [0.5, 0.6) is 0 Å². The Morgan fingerprint density at radius 3 is 2.78 bits per heavy atom. The van der Waals surface area contributed by atoms with Crippen molar-refractivity contribution in [2.75, 3.05) is 0 Å². The van der Waals surface area contributed by atoms with Crippen LogP contribution in [0, 0.1) is 0 Å². The van der Waals surface area contributed by atoms with Crippen LogP contribution in [0.25, 0.3) is 0 Å². The van der Waals surface area contributed by atoms with Gasteiger partial charge >= 0.3 is 0 Å². The zero-order chi connectivity index (χ0) is 6.85. The molecule has 0 N–H and O–H groups in total. The van der Waals surface area contributed by atoms with Crippen molar-refractivity contribution in [3.8, 4) is 0 Å². The van der Waals surface area contributed by atoms with E-state index in [9.17, 15) is 4.79 Å². The Morgan fingerprint density at radius 1 is 1.89 bits per heavy atom. The average molecular weight is 159 g/mol. The number of ketones is 1. The smallest absolute Gasteiger partial charge is 0.179 e. The van der Waals surface area contributed by atoms with E-state index in [0.29, 0.717) is 10.0 Å². The highest BCUT2D eigenvalue weighted by atomic mass is 32.2. The van der Waals surface area contributed by atoms with Crippen LogP contribution < -0.4 is 0 Å². The maximum absolute atomic E-state index is 10.6. The van der Waals surface area contributed by atoms with Crippen LogP contribution in [-0.4, -0.2) is 10.8 Å². The molecular formula is C5H5NOS2. The summed E-state index contributed by atoms with van der Waals surface area (Å²) in [6.45, 7) is 1.49. The number of Topliss-reactive ketones (excluding diaryl/α,β-unsaturated/α-hetero) is 1. The molecule has 0 saturated heterocycles. The van der Waals surface area contributed by atoms with Crippen LogP contribution in [0.4, 0.5) is 0 Å². The number of rotatable bonds is 1. The van der Waals surface area contributed by atoms with Crippen molar-refractivity contribution in [3.63, 3.8) is 0 Å². The van der Waals surface area contributed by atoms with Gasteiger partial charge in [-0.15, -0.1) is 24.0 Å². The van der Waals surface area contributed by atoms with Gasteiger partial charge in [-0.25, -0.2) is 4.98 Å². The van der Waals surface area contributed by atoms with E-state index in [2.05, 4.69) is 17.6 Å². The van der Waals surface area contributed by atoms with Gasteiger partial charge in [0, 0.05) is 12.3 Å². The topological polar surface area (TPSA) is 30.0 Å². The first-order chi connectivity index (χ1) is 4.20. The number of carbonyl (C=O) groups is 1. The highest BCUT2D eigenvalue weighted by molar-refractivity contribution is 7.82. The van der Waals surface area contributed by atoms with Crippen molar-refractivity contribution in [2.45, 2.75) is 11.3 Å². The van der Waals surface area contributed by atoms with Gasteiger partial charge in [0.1, 0.15) is 10.0 Å². The zero-order valence-corrected chi connectivity index (χ0v) is 6.50. The van der Waals surface area contributed by atoms with Crippen molar-refractivity contribution < 1.29 is 4.79 Å². The Balaban J connectivity index is 2.98. The van der Waals surface area contributed by atoms with Crippen molar-refractivity contribution in [3.05, 3.63) is 11.1 Å². The summed E-state index contributed by atoms with van der Waals surface area (Å²) >= 11 is 5.32. The second-order valence-electron chi connectivity index (χ2n) is 1.57. The predicted molar refractivity (Wildman–Crippen MR) is 39.4 cm³/mol. The summed E-state index contributed by atoms with van der Waals surface area (Å²) in [4.78, 5) is 14.4. The Kier molecular flexibility index (Phi) is 1.87. The number of hydrogen-bond donors (Lipinski definition) is 1. The van der Waals surface area contributed by atoms with Gasteiger partial charge in [0.25, 0.3) is 0 Å². The number of aromatic nitrogens is 1. The molecule has 0 saturated carbocycles. The first-order valence-electron chi connectivity index (χ1n) is 2.35. The number of hydrogen-bond acceptors (Lipinski definition) is 4. The Morgan fingerprint density at radius 2 is 2.56 bits per heavy atom. The first kappa shape index (κ1) is 6.77. The molecule has 0 aliphatic heterocycles. The fraction of sp³-hybridized carbons (Fsp3) is 0.200. The van der Waals surface area contributed by atoms with Gasteiger partial charge in [0.05, 0.1) is 0 Å². The summed E-state index contributed by atoms with van der Waals surface area (Å²) in [5.74, 6) is -0.00782. The molecule has 0 aromatic carbocycles. The third-order valence-electron chi connectivity index (χ3n) is 0.853. The van der Waals surface area contributed by atoms with Crippen molar-refractivity contribution >= 4 is 29.7 Å². The summed E-state index contributed by atoms with van der Waals surface area (Å²) in [6.07, 6.45) is 0. The predicted octanol–water partition coefficient (Wildman–Crippen LogP) is 1.63. The summed E-state index contributed by atoms with van der Waals surface area (Å²) in [5, 5.41) is 1.70. The van der Waals surface area contributed by atoms with Gasteiger partial charge in [0.2, 0.25) is 0 Å². The summed E-state index contributed by atoms with van der Waals surface area (Å²) in [5.41, 5.74) is 0.505. The molecule has 4 heteroatoms. The van der Waals surface area contributed by atoms with E-state index >= 15 is 0 Å². The minimum absolute atomic E-state index is 0.00782. The lowest BCUT2D eigenvalue weighted by molar-refractivity contribution is 0.101. The van der Waals surface area contributed by atoms with Crippen LogP contribution in [0.2, 0.25) is 0 Å². The van der Waals surface area contributed by atoms with Gasteiger partial charge in [-0.05, 0) is 0 Å². The minimum atomic E-state index is -0.00782. The molecule has 1 rings (SSSR count). The van der Waals surface area contributed by atoms with Crippen molar-refractivity contribution in [1.82, 2.24) is 4.98 Å². The van der Waals surface area contributed by atoms with Gasteiger partial charge in [-0.2, -0.15) is 0 Å². The van der Waals surface area contributed by atoms with Gasteiger partial charge in [-0.1, -0.05) is 0 Å². The zero-order valence-electron chi connectivity index (χ0n) is 4.79. The molecule has 0 aliphatic carbocycles. The lowest BCUT2D eigenvalue weighted by Crippen LogP contribution is -1.89. The van der Waals surface area contributed by atoms with Crippen LogP contribution in [0.1, 0.15) is 17.4 Å². The summed E-state index contributed by atoms with van der Waals surface area (Å²) < 4.78 is 0.639. The van der Waals surface area contributed by atoms with Crippen molar-refractivity contribution in [2.24, 2.45) is 0 Å². The van der Waals surface area contributed by atoms with Crippen LogP contribution >= 0.6 is 24.0 Å². The second kappa shape index (κ2) is 2.49. The molecule has 9 heavy (non-hydrogen) atoms. The maximum atomic E-state index is 10.6. The molecule has 2 nitrogen and oxygen atoms in total. The molecule has 0 amide bonds. The normalized spacial score (nSPS) is 9.56. The summed E-state index contributed by atoms with van der Waals surface area (Å²) in [6, 6.07) is 0. The number of thiazole rings is 1. The Bertz CT molecular complexity index is 231. The van der Waals surface area contributed by atoms with E-state index in [-0.39, 0.29) is 5.78 Å². The molecule has 0 radical (unpaired) electrons. The molecule has 1 aromatic rings. The number of nitrogens with zero attached hydrogens (tertiary/aromatic N) is 1. The van der Waals surface area contributed by atoms with E-state index in [0.717, 1.165) is 0 Å². The lowest BCUT2D eigenvalue weighted by Gasteiger charge is -1.79. The lowest BCUT2D eigenvalue weighted by atomic mass is 10.4. The largest absolute Gasteiger partial charge is 0.293 e. The van der Waals surface area contributed by atoms with Gasteiger partial charge < -0.3 is 0 Å².